The zero-order valence-electron chi connectivity index (χ0n) is 13.2. The molecule has 2 N–H and O–H groups in total. The maximum Gasteiger partial charge on any atom is 0.257 e. The number of amides is 1. The lowest BCUT2D eigenvalue weighted by molar-refractivity contribution is 0.102. The predicted octanol–water partition coefficient (Wildman–Crippen LogP) is 3.28. The van der Waals surface area contributed by atoms with E-state index in [-0.39, 0.29) is 11.7 Å². The van der Waals surface area contributed by atoms with Crippen LogP contribution in [0.25, 0.3) is 0 Å². The molecule has 2 aromatic rings. The molecule has 0 aliphatic carbocycles. The smallest absolute Gasteiger partial charge is 0.257 e. The number of nitrogens with zero attached hydrogens (tertiary/aromatic N) is 2. The third-order valence-electron chi connectivity index (χ3n) is 4.26. The van der Waals surface area contributed by atoms with E-state index in [1.807, 2.05) is 24.3 Å². The number of nitrogens with one attached hydrogen (secondary N) is 1. The summed E-state index contributed by atoms with van der Waals surface area (Å²) in [5.41, 5.74) is 2.25. The Bertz CT molecular complexity index is 677. The average molecular weight is 311 g/mol. The monoisotopic (exact) mass is 311 g/mol. The number of aromatic nitrogens is 1. The van der Waals surface area contributed by atoms with Crippen molar-refractivity contribution in [3.8, 4) is 5.75 Å². The molecule has 3 rings (SSSR count). The zero-order valence-corrected chi connectivity index (χ0v) is 13.2. The number of aromatic hydroxyl groups is 1. The van der Waals surface area contributed by atoms with Crippen molar-refractivity contribution in [2.24, 2.45) is 5.92 Å². The van der Waals surface area contributed by atoms with Gasteiger partial charge in [0.1, 0.15) is 5.75 Å². The maximum absolute atomic E-state index is 12.1. The summed E-state index contributed by atoms with van der Waals surface area (Å²) >= 11 is 0. The quantitative estimate of drug-likeness (QED) is 0.913. The topological polar surface area (TPSA) is 65.5 Å². The fraction of sp³-hybridized carbons (Fsp3) is 0.333. The molecule has 1 saturated heterocycles. The summed E-state index contributed by atoms with van der Waals surface area (Å²) in [6.07, 6.45) is 5.18. The molecule has 0 saturated carbocycles. The van der Waals surface area contributed by atoms with Crippen LogP contribution >= 0.6 is 0 Å². The second-order valence-corrected chi connectivity index (χ2v) is 6.10. The molecular formula is C18H21N3O2. The molecule has 5 nitrogen and oxygen atoms in total. The van der Waals surface area contributed by atoms with Gasteiger partial charge in [-0.2, -0.15) is 0 Å². The van der Waals surface area contributed by atoms with Crippen LogP contribution in [0.4, 0.5) is 11.4 Å². The standard InChI is InChI=1S/C18H21N3O2/c1-13-6-8-21(9-7-13)16-4-2-15(3-5-16)20-18(23)14-10-17(22)12-19-11-14/h2-5,10-13,22H,6-9H2,1H3,(H,20,23). The summed E-state index contributed by atoms with van der Waals surface area (Å²) in [7, 11) is 0. The second-order valence-electron chi connectivity index (χ2n) is 6.10. The van der Waals surface area contributed by atoms with E-state index in [4.69, 9.17) is 0 Å². The van der Waals surface area contributed by atoms with E-state index < -0.39 is 0 Å². The van der Waals surface area contributed by atoms with E-state index in [0.29, 0.717) is 5.56 Å². The lowest BCUT2D eigenvalue weighted by Crippen LogP contribution is -2.32. The van der Waals surface area contributed by atoms with E-state index in [9.17, 15) is 9.90 Å². The predicted molar refractivity (Wildman–Crippen MR) is 90.9 cm³/mol. The van der Waals surface area contributed by atoms with Crippen molar-refractivity contribution in [3.63, 3.8) is 0 Å². The Kier molecular flexibility index (Phi) is 4.46. The largest absolute Gasteiger partial charge is 0.506 e. The fourth-order valence-corrected chi connectivity index (χ4v) is 2.78. The van der Waals surface area contributed by atoms with E-state index >= 15 is 0 Å². The Morgan fingerprint density at radius 2 is 1.91 bits per heavy atom. The summed E-state index contributed by atoms with van der Waals surface area (Å²) in [6.45, 7) is 4.47. The van der Waals surface area contributed by atoms with Gasteiger partial charge in [0.05, 0.1) is 11.8 Å². The van der Waals surface area contributed by atoms with Crippen LogP contribution < -0.4 is 10.2 Å². The molecule has 1 amide bonds. The number of hydrogen-bond donors (Lipinski definition) is 2. The van der Waals surface area contributed by atoms with E-state index in [1.54, 1.807) is 0 Å². The first-order chi connectivity index (χ1) is 11.1. The first-order valence-corrected chi connectivity index (χ1v) is 7.92. The molecule has 1 fully saturated rings. The zero-order chi connectivity index (χ0) is 16.2. The van der Waals surface area contributed by atoms with Crippen molar-refractivity contribution < 1.29 is 9.90 Å². The Hall–Kier alpha value is -2.56. The van der Waals surface area contributed by atoms with Gasteiger partial charge in [-0.25, -0.2) is 0 Å². The Labute approximate surface area is 136 Å². The summed E-state index contributed by atoms with van der Waals surface area (Å²) in [6, 6.07) is 9.27. The Morgan fingerprint density at radius 1 is 1.22 bits per heavy atom. The highest BCUT2D eigenvalue weighted by atomic mass is 16.3. The van der Waals surface area contributed by atoms with Gasteiger partial charge in [-0.1, -0.05) is 6.92 Å². The van der Waals surface area contributed by atoms with Gasteiger partial charge in [0.25, 0.3) is 5.91 Å². The molecule has 1 aromatic carbocycles. The highest BCUT2D eigenvalue weighted by molar-refractivity contribution is 6.04. The maximum atomic E-state index is 12.1. The van der Waals surface area contributed by atoms with E-state index in [0.717, 1.165) is 24.7 Å². The van der Waals surface area contributed by atoms with Crippen LogP contribution in [0.1, 0.15) is 30.1 Å². The number of benzene rings is 1. The lowest BCUT2D eigenvalue weighted by Gasteiger charge is -2.32. The van der Waals surface area contributed by atoms with Crippen molar-refractivity contribution in [2.75, 3.05) is 23.3 Å². The SMILES string of the molecule is CC1CCN(c2ccc(NC(=O)c3cncc(O)c3)cc2)CC1. The van der Waals surface area contributed by atoms with Gasteiger partial charge in [-0.3, -0.25) is 9.78 Å². The minimum atomic E-state index is -0.284. The van der Waals surface area contributed by atoms with E-state index in [2.05, 4.69) is 22.1 Å². The Balaban J connectivity index is 1.64. The van der Waals surface area contributed by atoms with Crippen molar-refractivity contribution >= 4 is 17.3 Å². The number of carbonyl (C=O) groups excluding carboxylic acids is 1. The molecule has 1 aliphatic rings. The minimum absolute atomic E-state index is 0.0210. The third kappa shape index (κ3) is 3.80. The highest BCUT2D eigenvalue weighted by Gasteiger charge is 2.16. The van der Waals surface area contributed by atoms with Gasteiger partial charge < -0.3 is 15.3 Å². The molecule has 0 spiro atoms. The van der Waals surface area contributed by atoms with Crippen LogP contribution in [-0.2, 0) is 0 Å². The molecule has 2 heterocycles. The minimum Gasteiger partial charge on any atom is -0.506 e. The molecule has 120 valence electrons. The molecule has 1 aliphatic heterocycles. The van der Waals surface area contributed by atoms with Gasteiger partial charge in [-0.05, 0) is 49.1 Å². The molecule has 0 bridgehead atoms. The highest BCUT2D eigenvalue weighted by Crippen LogP contribution is 2.24. The summed E-state index contributed by atoms with van der Waals surface area (Å²) in [5.74, 6) is 0.501. The first kappa shape index (κ1) is 15.3. The van der Waals surface area contributed by atoms with E-state index in [1.165, 1.54) is 37.0 Å². The van der Waals surface area contributed by atoms with Crippen LogP contribution in [0, 0.1) is 5.92 Å². The molecule has 1 aromatic heterocycles. The molecule has 0 radical (unpaired) electrons. The van der Waals surface area contributed by atoms with Crippen molar-refractivity contribution in [2.45, 2.75) is 19.8 Å². The molecule has 5 heteroatoms. The van der Waals surface area contributed by atoms with Crippen LogP contribution in [0.15, 0.2) is 42.7 Å². The number of carbonyl (C=O) groups is 1. The van der Waals surface area contributed by atoms with Gasteiger partial charge in [0, 0.05) is 30.7 Å². The van der Waals surface area contributed by atoms with Crippen molar-refractivity contribution in [1.29, 1.82) is 0 Å². The molecule has 23 heavy (non-hydrogen) atoms. The van der Waals surface area contributed by atoms with Crippen LogP contribution in [-0.4, -0.2) is 29.1 Å². The second kappa shape index (κ2) is 6.69. The van der Waals surface area contributed by atoms with Crippen LogP contribution in [0.3, 0.4) is 0 Å². The summed E-state index contributed by atoms with van der Waals surface area (Å²) in [5, 5.41) is 12.2. The van der Waals surface area contributed by atoms with Gasteiger partial charge >= 0.3 is 0 Å². The Morgan fingerprint density at radius 3 is 2.57 bits per heavy atom. The third-order valence-corrected chi connectivity index (χ3v) is 4.26. The van der Waals surface area contributed by atoms with Gasteiger partial charge in [-0.15, -0.1) is 0 Å². The fourth-order valence-electron chi connectivity index (χ4n) is 2.78. The summed E-state index contributed by atoms with van der Waals surface area (Å²) in [4.78, 5) is 18.3. The van der Waals surface area contributed by atoms with Gasteiger partial charge in [0.2, 0.25) is 0 Å². The molecular weight excluding hydrogens is 290 g/mol. The number of hydrogen-bond acceptors (Lipinski definition) is 4. The molecule has 0 atom stereocenters. The average Bonchev–Trinajstić information content (AvgIpc) is 2.56. The van der Waals surface area contributed by atoms with Crippen LogP contribution in [0.5, 0.6) is 5.75 Å². The lowest BCUT2D eigenvalue weighted by atomic mass is 9.99. The number of rotatable bonds is 3. The number of piperidine rings is 1. The van der Waals surface area contributed by atoms with Crippen LogP contribution in [0.2, 0.25) is 0 Å². The van der Waals surface area contributed by atoms with Gasteiger partial charge in [0.15, 0.2) is 0 Å². The normalized spacial score (nSPS) is 15.4. The van der Waals surface area contributed by atoms with Crippen molar-refractivity contribution in [3.05, 3.63) is 48.3 Å². The summed E-state index contributed by atoms with van der Waals surface area (Å²) < 4.78 is 0. The number of anilines is 2. The molecule has 0 unspecified atom stereocenters. The first-order valence-electron chi connectivity index (χ1n) is 7.92. The van der Waals surface area contributed by atoms with Crippen molar-refractivity contribution in [1.82, 2.24) is 4.98 Å². The number of pyridine rings is 1.